The van der Waals surface area contributed by atoms with Crippen LogP contribution in [0.1, 0.15) is 30.1 Å². The minimum Gasteiger partial charge on any atom is -0.496 e. The number of hydrogen-bond donors (Lipinski definition) is 2. The van der Waals surface area contributed by atoms with E-state index in [-0.39, 0.29) is 0 Å². The Kier molecular flexibility index (Phi) is 5.19. The van der Waals surface area contributed by atoms with Crippen LogP contribution in [0.5, 0.6) is 5.75 Å². The van der Waals surface area contributed by atoms with Crippen molar-refractivity contribution in [3.05, 3.63) is 29.3 Å². The number of methoxy groups -OCH3 is 1. The van der Waals surface area contributed by atoms with Gasteiger partial charge >= 0.3 is 0 Å². The van der Waals surface area contributed by atoms with Crippen molar-refractivity contribution in [2.45, 2.75) is 32.0 Å². The molecule has 0 bridgehead atoms. The molecule has 2 N–H and O–H groups in total. The molecule has 0 spiro atoms. The van der Waals surface area contributed by atoms with Gasteiger partial charge in [-0.3, -0.25) is 0 Å². The lowest BCUT2D eigenvalue weighted by Crippen LogP contribution is -2.30. The first-order valence-electron chi connectivity index (χ1n) is 6.85. The summed E-state index contributed by atoms with van der Waals surface area (Å²) in [4.78, 5) is 0. The van der Waals surface area contributed by atoms with Gasteiger partial charge in [-0.25, -0.2) is 0 Å². The van der Waals surface area contributed by atoms with E-state index < -0.39 is 6.10 Å². The summed E-state index contributed by atoms with van der Waals surface area (Å²) in [6.45, 7) is 4.18. The average molecular weight is 265 g/mol. The Morgan fingerprint density at radius 1 is 1.53 bits per heavy atom. The van der Waals surface area contributed by atoms with E-state index in [2.05, 4.69) is 5.32 Å². The quantitative estimate of drug-likeness (QED) is 0.823. The second kappa shape index (κ2) is 6.89. The van der Waals surface area contributed by atoms with Crippen LogP contribution in [-0.2, 0) is 4.74 Å². The molecule has 0 aromatic heterocycles. The van der Waals surface area contributed by atoms with E-state index in [1.165, 1.54) is 0 Å². The minimum absolute atomic E-state index is 0.298. The van der Waals surface area contributed by atoms with Gasteiger partial charge in [0.25, 0.3) is 0 Å². The molecule has 1 aliphatic rings. The van der Waals surface area contributed by atoms with Crippen molar-refractivity contribution in [3.8, 4) is 5.75 Å². The molecule has 106 valence electrons. The first kappa shape index (κ1) is 14.3. The first-order valence-corrected chi connectivity index (χ1v) is 6.85. The van der Waals surface area contributed by atoms with Crippen LogP contribution in [0.2, 0.25) is 0 Å². The van der Waals surface area contributed by atoms with E-state index in [1.807, 2.05) is 25.1 Å². The Bertz CT molecular complexity index is 402. The fourth-order valence-corrected chi connectivity index (χ4v) is 2.41. The van der Waals surface area contributed by atoms with Gasteiger partial charge in [0, 0.05) is 25.3 Å². The van der Waals surface area contributed by atoms with Crippen LogP contribution in [0.15, 0.2) is 18.2 Å². The van der Waals surface area contributed by atoms with Crippen molar-refractivity contribution < 1.29 is 14.6 Å². The van der Waals surface area contributed by atoms with E-state index in [0.29, 0.717) is 12.6 Å². The van der Waals surface area contributed by atoms with Crippen LogP contribution >= 0.6 is 0 Å². The predicted molar refractivity (Wildman–Crippen MR) is 74.5 cm³/mol. The fraction of sp³-hybridized carbons (Fsp3) is 0.600. The highest BCUT2D eigenvalue weighted by atomic mass is 16.5. The SMILES string of the molecule is COc1ccc(C)cc1C(O)CNCC1CCCO1. The largest absolute Gasteiger partial charge is 0.496 e. The summed E-state index contributed by atoms with van der Waals surface area (Å²) in [6, 6.07) is 5.85. The molecule has 1 aromatic rings. The highest BCUT2D eigenvalue weighted by Gasteiger charge is 2.17. The number of ether oxygens (including phenoxy) is 2. The molecule has 2 atom stereocenters. The summed E-state index contributed by atoms with van der Waals surface area (Å²) < 4.78 is 10.8. The third-order valence-electron chi connectivity index (χ3n) is 3.48. The highest BCUT2D eigenvalue weighted by molar-refractivity contribution is 5.38. The normalized spacial score (nSPS) is 20.5. The van der Waals surface area contributed by atoms with E-state index in [0.717, 1.165) is 42.9 Å². The molecule has 1 aliphatic heterocycles. The van der Waals surface area contributed by atoms with Crippen molar-refractivity contribution in [2.75, 3.05) is 26.8 Å². The van der Waals surface area contributed by atoms with Gasteiger partial charge in [-0.15, -0.1) is 0 Å². The number of rotatable bonds is 6. The molecule has 2 unspecified atom stereocenters. The number of benzene rings is 1. The number of aliphatic hydroxyl groups excluding tert-OH is 1. The summed E-state index contributed by atoms with van der Waals surface area (Å²) >= 11 is 0. The molecule has 2 rings (SSSR count). The van der Waals surface area contributed by atoms with Crippen molar-refractivity contribution in [3.63, 3.8) is 0 Å². The summed E-state index contributed by atoms with van der Waals surface area (Å²) in [7, 11) is 1.63. The van der Waals surface area contributed by atoms with Crippen LogP contribution in [0.4, 0.5) is 0 Å². The smallest absolute Gasteiger partial charge is 0.124 e. The lowest BCUT2D eigenvalue weighted by molar-refractivity contribution is 0.103. The summed E-state index contributed by atoms with van der Waals surface area (Å²) in [5, 5.41) is 13.5. The standard InChI is InChI=1S/C15H23NO3/c1-11-5-6-15(18-2)13(8-11)14(17)10-16-9-12-4-3-7-19-12/h5-6,8,12,14,16-17H,3-4,7,9-10H2,1-2H3. The molecule has 1 heterocycles. The van der Waals surface area contributed by atoms with Gasteiger partial charge in [0.15, 0.2) is 0 Å². The molecule has 0 saturated carbocycles. The van der Waals surface area contributed by atoms with Crippen molar-refractivity contribution >= 4 is 0 Å². The molecule has 1 aromatic carbocycles. The molecule has 1 saturated heterocycles. The Morgan fingerprint density at radius 2 is 2.37 bits per heavy atom. The summed E-state index contributed by atoms with van der Waals surface area (Å²) in [6.07, 6.45) is 1.99. The number of nitrogens with one attached hydrogen (secondary N) is 1. The predicted octanol–water partition coefficient (Wildman–Crippen LogP) is 1.81. The van der Waals surface area contributed by atoms with Gasteiger partial charge in [-0.05, 0) is 31.9 Å². The topological polar surface area (TPSA) is 50.7 Å². The number of hydrogen-bond acceptors (Lipinski definition) is 4. The average Bonchev–Trinajstić information content (AvgIpc) is 2.91. The van der Waals surface area contributed by atoms with E-state index in [4.69, 9.17) is 9.47 Å². The maximum absolute atomic E-state index is 10.2. The molecule has 0 radical (unpaired) electrons. The zero-order valence-electron chi connectivity index (χ0n) is 11.7. The number of aliphatic hydroxyl groups is 1. The van der Waals surface area contributed by atoms with Crippen LogP contribution < -0.4 is 10.1 Å². The van der Waals surface area contributed by atoms with Gasteiger partial charge in [0.1, 0.15) is 5.75 Å². The molecular formula is C15H23NO3. The molecule has 1 fully saturated rings. The van der Waals surface area contributed by atoms with Crippen LogP contribution in [-0.4, -0.2) is 38.0 Å². The van der Waals surface area contributed by atoms with E-state index in [1.54, 1.807) is 7.11 Å². The van der Waals surface area contributed by atoms with Gasteiger partial charge in [0.05, 0.1) is 19.3 Å². The van der Waals surface area contributed by atoms with Gasteiger partial charge < -0.3 is 19.9 Å². The zero-order chi connectivity index (χ0) is 13.7. The lowest BCUT2D eigenvalue weighted by atomic mass is 10.1. The Labute approximate surface area is 114 Å². The fourth-order valence-electron chi connectivity index (χ4n) is 2.41. The monoisotopic (exact) mass is 265 g/mol. The molecule has 19 heavy (non-hydrogen) atoms. The first-order chi connectivity index (χ1) is 9.20. The molecule has 0 aliphatic carbocycles. The molecule has 0 amide bonds. The second-order valence-electron chi connectivity index (χ2n) is 5.05. The Hall–Kier alpha value is -1.10. The molecule has 4 heteroatoms. The highest BCUT2D eigenvalue weighted by Crippen LogP contribution is 2.25. The van der Waals surface area contributed by atoms with Crippen molar-refractivity contribution in [1.29, 1.82) is 0 Å². The van der Waals surface area contributed by atoms with Gasteiger partial charge in [-0.2, -0.15) is 0 Å². The van der Waals surface area contributed by atoms with Gasteiger partial charge in [-0.1, -0.05) is 11.6 Å². The van der Waals surface area contributed by atoms with Gasteiger partial charge in [0.2, 0.25) is 0 Å². The Morgan fingerprint density at radius 3 is 3.05 bits per heavy atom. The minimum atomic E-state index is -0.559. The molecular weight excluding hydrogens is 242 g/mol. The van der Waals surface area contributed by atoms with E-state index >= 15 is 0 Å². The zero-order valence-corrected chi connectivity index (χ0v) is 11.7. The maximum atomic E-state index is 10.2. The number of aryl methyl sites for hydroxylation is 1. The third-order valence-corrected chi connectivity index (χ3v) is 3.48. The lowest BCUT2D eigenvalue weighted by Gasteiger charge is -2.17. The Balaban J connectivity index is 1.87. The third kappa shape index (κ3) is 3.93. The van der Waals surface area contributed by atoms with Crippen LogP contribution in [0.3, 0.4) is 0 Å². The molecule has 4 nitrogen and oxygen atoms in total. The summed E-state index contributed by atoms with van der Waals surface area (Å²) in [5.74, 6) is 0.733. The maximum Gasteiger partial charge on any atom is 0.124 e. The van der Waals surface area contributed by atoms with Crippen LogP contribution in [0.25, 0.3) is 0 Å². The van der Waals surface area contributed by atoms with Crippen LogP contribution in [0, 0.1) is 6.92 Å². The summed E-state index contributed by atoms with van der Waals surface area (Å²) in [5.41, 5.74) is 1.95. The van der Waals surface area contributed by atoms with Crippen molar-refractivity contribution in [2.24, 2.45) is 0 Å². The van der Waals surface area contributed by atoms with E-state index in [9.17, 15) is 5.11 Å². The second-order valence-corrected chi connectivity index (χ2v) is 5.05. The van der Waals surface area contributed by atoms with Crippen molar-refractivity contribution in [1.82, 2.24) is 5.32 Å².